The standard InChI is InChI=1S/C33H29FN4O4/c1-16-18(8-7-11-25(16)38-31(40)22-9-6-10-24(34)29(22)37(5)32(38)41)19-12-13-21(30(35)39)28-26(19)20-14-15-23(33(3,4)42)17(2)27(20)36-28/h6-15,22,42H,1-5H3,(H2-,35,36,39)/p+1. The van der Waals surface area contributed by atoms with Crippen LogP contribution in [0.4, 0.5) is 14.9 Å². The summed E-state index contributed by atoms with van der Waals surface area (Å²) in [6.45, 7) is 7.16. The van der Waals surface area contributed by atoms with Gasteiger partial charge >= 0.3 is 11.9 Å². The van der Waals surface area contributed by atoms with Crippen molar-refractivity contribution in [1.29, 1.82) is 0 Å². The lowest BCUT2D eigenvalue weighted by molar-refractivity contribution is -0.395. The predicted octanol–water partition coefficient (Wildman–Crippen LogP) is 5.52. The number of urea groups is 1. The fourth-order valence-corrected chi connectivity index (χ4v) is 6.32. The topological polar surface area (TPSA) is 120 Å². The van der Waals surface area contributed by atoms with Gasteiger partial charge in [0.1, 0.15) is 11.6 Å². The maximum Gasteiger partial charge on any atom is 0.506 e. The number of imide groups is 1. The van der Waals surface area contributed by atoms with Gasteiger partial charge in [0.05, 0.1) is 23.7 Å². The molecule has 0 bridgehead atoms. The van der Waals surface area contributed by atoms with Crippen molar-refractivity contribution in [1.82, 2.24) is 4.98 Å². The number of benzene rings is 3. The molecule has 0 radical (unpaired) electrons. The first kappa shape index (κ1) is 27.3. The fraction of sp³-hybridized carbons (Fsp3) is 0.212. The van der Waals surface area contributed by atoms with Crippen molar-refractivity contribution >= 4 is 51.1 Å². The molecule has 2 aliphatic rings. The average molecular weight is 566 g/mol. The Morgan fingerprint density at radius 3 is 2.48 bits per heavy atom. The normalized spacial score (nSPS) is 17.4. The van der Waals surface area contributed by atoms with E-state index in [0.717, 1.165) is 43.4 Å². The number of anilines is 1. The summed E-state index contributed by atoms with van der Waals surface area (Å²) in [5, 5.41) is 12.3. The Bertz CT molecular complexity index is 1990. The van der Waals surface area contributed by atoms with Crippen molar-refractivity contribution in [3.8, 4) is 11.1 Å². The number of nitrogens with two attached hydrogens (primary N) is 1. The number of carbonyl (C=O) groups excluding carboxylic acids is 3. The molecule has 212 valence electrons. The monoisotopic (exact) mass is 565 g/mol. The minimum absolute atomic E-state index is 0.0286. The number of rotatable bonds is 4. The van der Waals surface area contributed by atoms with Crippen molar-refractivity contribution in [2.75, 3.05) is 11.9 Å². The van der Waals surface area contributed by atoms with Gasteiger partial charge in [0.2, 0.25) is 0 Å². The zero-order valence-electron chi connectivity index (χ0n) is 23.9. The minimum Gasteiger partial charge on any atom is -0.386 e. The molecular formula is C33H30FN4O4+. The number of allylic oxidation sites excluding steroid dienone is 3. The molecule has 4 aromatic rings. The molecule has 8 nitrogen and oxygen atoms in total. The molecule has 3 aromatic carbocycles. The van der Waals surface area contributed by atoms with E-state index in [1.807, 2.05) is 38.1 Å². The Hall–Kier alpha value is -4.89. The minimum atomic E-state index is -1.08. The highest BCUT2D eigenvalue weighted by molar-refractivity contribution is 6.27. The van der Waals surface area contributed by atoms with Gasteiger partial charge in [0.25, 0.3) is 5.91 Å². The van der Waals surface area contributed by atoms with Crippen molar-refractivity contribution in [3.63, 3.8) is 0 Å². The molecular weight excluding hydrogens is 535 g/mol. The molecule has 1 unspecified atom stereocenters. The van der Waals surface area contributed by atoms with Crippen LogP contribution in [-0.4, -0.2) is 45.3 Å². The predicted molar refractivity (Wildman–Crippen MR) is 160 cm³/mol. The first-order valence-electron chi connectivity index (χ1n) is 13.6. The third-order valence-corrected chi connectivity index (χ3v) is 8.36. The number of carbonyl (C=O) groups is 3. The molecule has 4 N–H and O–H groups in total. The van der Waals surface area contributed by atoms with E-state index in [-0.39, 0.29) is 5.71 Å². The second-order valence-electron chi connectivity index (χ2n) is 11.3. The molecule has 4 amide bonds. The highest BCUT2D eigenvalue weighted by atomic mass is 19.1. The van der Waals surface area contributed by atoms with Gasteiger partial charge in [-0.2, -0.15) is 9.37 Å². The number of aromatic nitrogens is 1. The van der Waals surface area contributed by atoms with Crippen LogP contribution in [0.15, 0.2) is 66.5 Å². The number of hydrogen-bond donors (Lipinski definition) is 3. The van der Waals surface area contributed by atoms with Crippen LogP contribution in [0.3, 0.4) is 0 Å². The maximum atomic E-state index is 14.6. The van der Waals surface area contributed by atoms with E-state index in [1.165, 1.54) is 23.8 Å². The van der Waals surface area contributed by atoms with Gasteiger partial charge in [-0.3, -0.25) is 4.79 Å². The summed E-state index contributed by atoms with van der Waals surface area (Å²) in [6.07, 6.45) is 4.29. The molecule has 0 spiro atoms. The Kier molecular flexibility index (Phi) is 6.06. The summed E-state index contributed by atoms with van der Waals surface area (Å²) < 4.78 is 15.8. The van der Waals surface area contributed by atoms with E-state index in [2.05, 4.69) is 4.98 Å². The number of aromatic amines is 1. The number of nitrogens with one attached hydrogen (secondary N) is 1. The molecule has 0 fully saturated rings. The zero-order chi connectivity index (χ0) is 30.2. The number of aryl methyl sites for hydroxylation is 1. The van der Waals surface area contributed by atoms with E-state index >= 15 is 0 Å². The third-order valence-electron chi connectivity index (χ3n) is 8.36. The largest absolute Gasteiger partial charge is 0.506 e. The highest BCUT2D eigenvalue weighted by Crippen LogP contribution is 2.42. The molecule has 0 saturated heterocycles. The van der Waals surface area contributed by atoms with E-state index in [9.17, 15) is 23.9 Å². The summed E-state index contributed by atoms with van der Waals surface area (Å²) in [6, 6.07) is 11.9. The number of H-pyrrole nitrogens is 1. The molecule has 6 rings (SSSR count). The van der Waals surface area contributed by atoms with Crippen LogP contribution in [0.5, 0.6) is 0 Å². The first-order chi connectivity index (χ1) is 19.8. The smallest absolute Gasteiger partial charge is 0.386 e. The van der Waals surface area contributed by atoms with Crippen LogP contribution in [0.25, 0.3) is 32.9 Å². The van der Waals surface area contributed by atoms with Gasteiger partial charge in [0, 0.05) is 21.9 Å². The summed E-state index contributed by atoms with van der Waals surface area (Å²) in [5.74, 6) is -2.67. The lowest BCUT2D eigenvalue weighted by atomic mass is 9.89. The van der Waals surface area contributed by atoms with Crippen molar-refractivity contribution < 1.29 is 28.5 Å². The average Bonchev–Trinajstić information content (AvgIpc) is 3.32. The van der Waals surface area contributed by atoms with E-state index < -0.39 is 35.2 Å². The second kappa shape index (κ2) is 9.32. The number of hydrogen-bond acceptors (Lipinski definition) is 4. The summed E-state index contributed by atoms with van der Waals surface area (Å²) >= 11 is 0. The lowest BCUT2D eigenvalue weighted by Crippen LogP contribution is -2.54. The summed E-state index contributed by atoms with van der Waals surface area (Å²) in [7, 11) is 1.46. The molecule has 42 heavy (non-hydrogen) atoms. The highest BCUT2D eigenvalue weighted by Gasteiger charge is 2.49. The SMILES string of the molecule is Cc1c(-c2ccc(C(N)=O)c3[nH]c4c(C)c(C(C)(C)O)ccc4c23)cccc1N1C(=O)C2C=CC=C(F)C2=[N+](C)C1=O. The van der Waals surface area contributed by atoms with E-state index in [4.69, 9.17) is 5.73 Å². The van der Waals surface area contributed by atoms with Gasteiger partial charge in [0.15, 0.2) is 11.5 Å². The van der Waals surface area contributed by atoms with Crippen LogP contribution < -0.4 is 10.6 Å². The van der Waals surface area contributed by atoms with Crippen LogP contribution in [-0.2, 0) is 10.4 Å². The second-order valence-corrected chi connectivity index (χ2v) is 11.3. The molecule has 9 heteroatoms. The third kappa shape index (κ3) is 3.84. The van der Waals surface area contributed by atoms with Crippen molar-refractivity contribution in [3.05, 3.63) is 88.8 Å². The fourth-order valence-electron chi connectivity index (χ4n) is 6.32. The number of aliphatic hydroxyl groups is 1. The Morgan fingerprint density at radius 2 is 1.79 bits per heavy atom. The van der Waals surface area contributed by atoms with Crippen molar-refractivity contribution in [2.45, 2.75) is 33.3 Å². The molecule has 1 atom stereocenters. The van der Waals surface area contributed by atoms with Crippen molar-refractivity contribution in [2.24, 2.45) is 11.7 Å². The van der Waals surface area contributed by atoms with Gasteiger partial charge in [-0.25, -0.2) is 9.18 Å². The van der Waals surface area contributed by atoms with Gasteiger partial charge in [-0.05, 0) is 68.2 Å². The Labute approximate surface area is 241 Å². The Balaban J connectivity index is 1.60. The molecule has 1 aliphatic heterocycles. The lowest BCUT2D eigenvalue weighted by Gasteiger charge is -2.27. The van der Waals surface area contributed by atoms with Gasteiger partial charge < -0.3 is 15.8 Å². The molecule has 0 saturated carbocycles. The number of halogens is 1. The number of amides is 4. The van der Waals surface area contributed by atoms with E-state index in [0.29, 0.717) is 22.3 Å². The van der Waals surface area contributed by atoms with Gasteiger partial charge in [-0.1, -0.05) is 42.5 Å². The quantitative estimate of drug-likeness (QED) is 0.282. The number of fused-ring (bicyclic) bond motifs is 4. The van der Waals surface area contributed by atoms with Crippen LogP contribution in [0, 0.1) is 19.8 Å². The van der Waals surface area contributed by atoms with Crippen LogP contribution in [0.2, 0.25) is 0 Å². The summed E-state index contributed by atoms with van der Waals surface area (Å²) in [5.41, 5.74) is 10.4. The zero-order valence-corrected chi connectivity index (χ0v) is 23.9. The van der Waals surface area contributed by atoms with E-state index in [1.54, 1.807) is 38.1 Å². The Morgan fingerprint density at radius 1 is 1.05 bits per heavy atom. The van der Waals surface area contributed by atoms with Gasteiger partial charge in [-0.15, -0.1) is 4.90 Å². The first-order valence-corrected chi connectivity index (χ1v) is 13.6. The number of nitrogens with zero attached hydrogens (tertiary/aromatic N) is 2. The van der Waals surface area contributed by atoms with Crippen LogP contribution in [0.1, 0.15) is 40.9 Å². The summed E-state index contributed by atoms with van der Waals surface area (Å²) in [4.78, 5) is 44.0. The van der Waals surface area contributed by atoms with Crippen LogP contribution >= 0.6 is 0 Å². The molecule has 1 aromatic heterocycles. The molecule has 2 heterocycles. The molecule has 1 aliphatic carbocycles. The maximum absolute atomic E-state index is 14.6. The number of primary amides is 1.